The number of hydrogen-bond acceptors (Lipinski definition) is 4. The number of halogens is 1. The molecule has 0 bridgehead atoms. The minimum atomic E-state index is 0. The summed E-state index contributed by atoms with van der Waals surface area (Å²) in [6, 6.07) is 8.04. The van der Waals surface area contributed by atoms with Crippen molar-refractivity contribution in [3.63, 3.8) is 0 Å². The highest BCUT2D eigenvalue weighted by atomic mass is 127. The highest BCUT2D eigenvalue weighted by molar-refractivity contribution is 14.0. The molecule has 1 aromatic rings. The van der Waals surface area contributed by atoms with Crippen molar-refractivity contribution in [2.24, 2.45) is 10.9 Å². The van der Waals surface area contributed by atoms with E-state index in [1.165, 1.54) is 12.8 Å². The van der Waals surface area contributed by atoms with Crippen molar-refractivity contribution >= 4 is 29.9 Å². The Morgan fingerprint density at radius 1 is 1.29 bits per heavy atom. The van der Waals surface area contributed by atoms with E-state index in [-0.39, 0.29) is 24.0 Å². The maximum atomic E-state index is 5.71. The molecule has 6 nitrogen and oxygen atoms in total. The van der Waals surface area contributed by atoms with Crippen LogP contribution in [-0.2, 0) is 11.3 Å². The van der Waals surface area contributed by atoms with Crippen molar-refractivity contribution in [3.8, 4) is 5.75 Å². The summed E-state index contributed by atoms with van der Waals surface area (Å²) in [6.45, 7) is 9.98. The van der Waals surface area contributed by atoms with E-state index in [0.717, 1.165) is 50.1 Å². The molecule has 0 radical (unpaired) electrons. The molecule has 158 valence electrons. The average Bonchev–Trinajstić information content (AvgIpc) is 2.72. The molecule has 1 saturated heterocycles. The molecule has 0 unspecified atom stereocenters. The topological polar surface area (TPSA) is 58.1 Å². The third kappa shape index (κ3) is 8.79. The largest absolute Gasteiger partial charge is 0.489 e. The Bertz CT molecular complexity index is 590. The smallest absolute Gasteiger partial charge is 0.191 e. The van der Waals surface area contributed by atoms with Crippen LogP contribution in [0.5, 0.6) is 5.75 Å². The minimum absolute atomic E-state index is 0. The fraction of sp³-hybridized carbons (Fsp3) is 0.571. The Morgan fingerprint density at radius 3 is 2.71 bits per heavy atom. The van der Waals surface area contributed by atoms with Crippen LogP contribution in [0.1, 0.15) is 18.4 Å². The zero-order valence-electron chi connectivity index (χ0n) is 17.2. The minimum Gasteiger partial charge on any atom is -0.489 e. The second-order valence-corrected chi connectivity index (χ2v) is 6.79. The fourth-order valence-corrected chi connectivity index (χ4v) is 3.21. The predicted molar refractivity (Wildman–Crippen MR) is 127 cm³/mol. The van der Waals surface area contributed by atoms with Crippen molar-refractivity contribution < 1.29 is 9.47 Å². The van der Waals surface area contributed by atoms with Crippen LogP contribution >= 0.6 is 24.0 Å². The third-order valence-corrected chi connectivity index (χ3v) is 4.88. The first kappa shape index (κ1) is 24.7. The molecule has 2 N–H and O–H groups in total. The molecule has 28 heavy (non-hydrogen) atoms. The summed E-state index contributed by atoms with van der Waals surface area (Å²) >= 11 is 0. The quantitative estimate of drug-likeness (QED) is 0.223. The highest BCUT2D eigenvalue weighted by Crippen LogP contribution is 2.18. The lowest BCUT2D eigenvalue weighted by Crippen LogP contribution is -2.43. The van der Waals surface area contributed by atoms with Crippen molar-refractivity contribution in [1.29, 1.82) is 0 Å². The molecule has 2 rings (SSSR count). The van der Waals surface area contributed by atoms with E-state index in [0.29, 0.717) is 19.1 Å². The number of nitrogens with one attached hydrogen (secondary N) is 2. The molecule has 1 heterocycles. The van der Waals surface area contributed by atoms with Crippen LogP contribution in [0.25, 0.3) is 0 Å². The second-order valence-electron chi connectivity index (χ2n) is 6.79. The summed E-state index contributed by atoms with van der Waals surface area (Å²) in [5.74, 6) is 2.39. The summed E-state index contributed by atoms with van der Waals surface area (Å²) in [5, 5.41) is 6.85. The molecule has 0 spiro atoms. The van der Waals surface area contributed by atoms with Gasteiger partial charge in [0.15, 0.2) is 5.96 Å². The number of benzene rings is 1. The van der Waals surface area contributed by atoms with Crippen LogP contribution < -0.4 is 15.4 Å². The van der Waals surface area contributed by atoms with Gasteiger partial charge in [-0.15, -0.1) is 24.0 Å². The zero-order chi connectivity index (χ0) is 19.3. The lowest BCUT2D eigenvalue weighted by Gasteiger charge is -2.32. The number of para-hydroxylation sites is 1. The van der Waals surface area contributed by atoms with Gasteiger partial charge in [-0.3, -0.25) is 4.99 Å². The summed E-state index contributed by atoms with van der Waals surface area (Å²) in [4.78, 5) is 6.82. The molecule has 0 saturated carbocycles. The van der Waals surface area contributed by atoms with Gasteiger partial charge in [-0.2, -0.15) is 0 Å². The van der Waals surface area contributed by atoms with E-state index in [9.17, 15) is 0 Å². The van der Waals surface area contributed by atoms with Crippen LogP contribution in [-0.4, -0.2) is 64.4 Å². The molecule has 1 aromatic carbocycles. The van der Waals surface area contributed by atoms with E-state index in [1.54, 1.807) is 13.2 Å². The van der Waals surface area contributed by atoms with Crippen LogP contribution in [0.2, 0.25) is 0 Å². The highest BCUT2D eigenvalue weighted by Gasteiger charge is 2.19. The Morgan fingerprint density at radius 2 is 2.04 bits per heavy atom. The fourth-order valence-electron chi connectivity index (χ4n) is 3.21. The van der Waals surface area contributed by atoms with Gasteiger partial charge in [0.05, 0.1) is 6.61 Å². The number of ether oxygens (including phenoxy) is 2. The summed E-state index contributed by atoms with van der Waals surface area (Å²) in [7, 11) is 3.57. The molecule has 1 aliphatic heterocycles. The van der Waals surface area contributed by atoms with Crippen molar-refractivity contribution in [2.45, 2.75) is 19.4 Å². The lowest BCUT2D eigenvalue weighted by molar-refractivity contribution is 0.121. The van der Waals surface area contributed by atoms with Gasteiger partial charge >= 0.3 is 0 Å². The first-order valence-electron chi connectivity index (χ1n) is 9.74. The molecular weight excluding hydrogens is 467 g/mol. The molecule has 1 fully saturated rings. The van der Waals surface area contributed by atoms with Crippen LogP contribution in [0, 0.1) is 5.92 Å². The van der Waals surface area contributed by atoms with E-state index >= 15 is 0 Å². The van der Waals surface area contributed by atoms with E-state index in [1.807, 2.05) is 25.2 Å². The standard InChI is InChI=1S/C21H34N4O2.HI/c1-4-14-27-20-8-6-5-7-19(20)17-24-21(22-2)23-16-18-9-11-25(12-10-18)13-15-26-3;/h4-8,18H,1,9-17H2,2-3H3,(H2,22,23,24);1H. The SMILES string of the molecule is C=CCOc1ccccc1CNC(=NC)NCC1CCN(CCOC)CC1.I. The monoisotopic (exact) mass is 502 g/mol. The van der Waals surface area contributed by atoms with Gasteiger partial charge in [0.2, 0.25) is 0 Å². The van der Waals surface area contributed by atoms with Gasteiger partial charge in [-0.25, -0.2) is 0 Å². The predicted octanol–water partition coefficient (Wildman–Crippen LogP) is 2.89. The maximum Gasteiger partial charge on any atom is 0.191 e. The van der Waals surface area contributed by atoms with Gasteiger partial charge in [-0.05, 0) is 37.9 Å². The Labute approximate surface area is 186 Å². The summed E-state index contributed by atoms with van der Waals surface area (Å²) in [6.07, 6.45) is 4.18. The molecule has 0 atom stereocenters. The molecule has 0 aliphatic carbocycles. The number of nitrogens with zero attached hydrogens (tertiary/aromatic N) is 2. The Kier molecular flexibility index (Phi) is 12.9. The molecule has 1 aliphatic rings. The van der Waals surface area contributed by atoms with Crippen LogP contribution in [0.4, 0.5) is 0 Å². The number of piperidine rings is 1. The average molecular weight is 502 g/mol. The Balaban J connectivity index is 0.00000392. The zero-order valence-corrected chi connectivity index (χ0v) is 19.5. The van der Waals surface area contributed by atoms with Gasteiger partial charge < -0.3 is 25.0 Å². The first-order valence-corrected chi connectivity index (χ1v) is 9.74. The number of likely N-dealkylation sites (tertiary alicyclic amines) is 1. The maximum absolute atomic E-state index is 5.71. The summed E-state index contributed by atoms with van der Waals surface area (Å²) in [5.41, 5.74) is 1.11. The second kappa shape index (κ2) is 14.6. The normalized spacial score (nSPS) is 15.6. The van der Waals surface area contributed by atoms with Crippen LogP contribution in [0.15, 0.2) is 41.9 Å². The van der Waals surface area contributed by atoms with Crippen molar-refractivity contribution in [2.75, 3.05) is 53.6 Å². The summed E-state index contributed by atoms with van der Waals surface area (Å²) < 4.78 is 10.9. The Hall–Kier alpha value is -1.32. The van der Waals surface area contributed by atoms with Gasteiger partial charge in [0, 0.05) is 39.4 Å². The van der Waals surface area contributed by atoms with E-state index in [2.05, 4.69) is 33.2 Å². The van der Waals surface area contributed by atoms with Crippen LogP contribution in [0.3, 0.4) is 0 Å². The molecular formula is C21H35IN4O2. The van der Waals surface area contributed by atoms with Crippen molar-refractivity contribution in [3.05, 3.63) is 42.5 Å². The first-order chi connectivity index (χ1) is 13.3. The van der Waals surface area contributed by atoms with Gasteiger partial charge in [0.1, 0.15) is 12.4 Å². The molecule has 7 heteroatoms. The molecule has 0 amide bonds. The van der Waals surface area contributed by atoms with Crippen molar-refractivity contribution in [1.82, 2.24) is 15.5 Å². The number of hydrogen-bond donors (Lipinski definition) is 2. The van der Waals surface area contributed by atoms with Gasteiger partial charge in [-0.1, -0.05) is 30.9 Å². The number of aliphatic imine (C=N–C) groups is 1. The third-order valence-electron chi connectivity index (χ3n) is 4.88. The van der Waals surface area contributed by atoms with E-state index < -0.39 is 0 Å². The number of guanidine groups is 1. The van der Waals surface area contributed by atoms with E-state index in [4.69, 9.17) is 9.47 Å². The van der Waals surface area contributed by atoms with Gasteiger partial charge in [0.25, 0.3) is 0 Å². The lowest BCUT2D eigenvalue weighted by atomic mass is 9.97. The number of methoxy groups -OCH3 is 1. The molecule has 0 aromatic heterocycles. The number of rotatable bonds is 10.